The van der Waals surface area contributed by atoms with Gasteiger partial charge in [-0.1, -0.05) is 12.5 Å². The third-order valence-electron chi connectivity index (χ3n) is 3.72. The lowest BCUT2D eigenvalue weighted by atomic mass is 10.0. The van der Waals surface area contributed by atoms with Crippen LogP contribution in [0, 0.1) is 11.6 Å². The van der Waals surface area contributed by atoms with Crippen LogP contribution in [-0.2, 0) is 11.2 Å². The van der Waals surface area contributed by atoms with Gasteiger partial charge in [0.1, 0.15) is 11.6 Å². The zero-order valence-corrected chi connectivity index (χ0v) is 11.7. The number of carbonyl (C=O) groups is 1. The molecule has 1 aliphatic heterocycles. The van der Waals surface area contributed by atoms with Gasteiger partial charge in [0.15, 0.2) is 0 Å². The van der Waals surface area contributed by atoms with Crippen molar-refractivity contribution in [1.29, 1.82) is 0 Å². The Hall–Kier alpha value is -1.49. The van der Waals surface area contributed by atoms with Gasteiger partial charge in [-0.05, 0) is 31.5 Å². The summed E-state index contributed by atoms with van der Waals surface area (Å²) in [5, 5.41) is 3.35. The number of nitrogens with one attached hydrogen (secondary N) is 1. The molecular formula is C15H20F2N2O. The molecule has 1 amide bonds. The van der Waals surface area contributed by atoms with Crippen LogP contribution in [0.1, 0.15) is 24.8 Å². The quantitative estimate of drug-likeness (QED) is 0.917. The molecule has 0 radical (unpaired) electrons. The Morgan fingerprint density at radius 2 is 2.05 bits per heavy atom. The smallest absolute Gasteiger partial charge is 0.227 e. The Morgan fingerprint density at radius 1 is 1.35 bits per heavy atom. The molecule has 1 heterocycles. The van der Waals surface area contributed by atoms with Gasteiger partial charge >= 0.3 is 0 Å². The molecule has 1 atom stereocenters. The monoisotopic (exact) mass is 282 g/mol. The first-order valence-electron chi connectivity index (χ1n) is 6.98. The molecule has 0 bridgehead atoms. The number of hydrogen-bond donors (Lipinski definition) is 1. The van der Waals surface area contributed by atoms with Gasteiger partial charge in [-0.25, -0.2) is 8.78 Å². The third-order valence-corrected chi connectivity index (χ3v) is 3.72. The van der Waals surface area contributed by atoms with Crippen molar-refractivity contribution in [3.05, 3.63) is 35.4 Å². The van der Waals surface area contributed by atoms with Crippen molar-refractivity contribution in [3.63, 3.8) is 0 Å². The van der Waals surface area contributed by atoms with Gasteiger partial charge in [0.05, 0.1) is 6.42 Å². The number of likely N-dealkylation sites (N-methyl/N-ethyl adjacent to an activating group) is 1. The highest BCUT2D eigenvalue weighted by Crippen LogP contribution is 2.14. The van der Waals surface area contributed by atoms with Crippen LogP contribution in [0.25, 0.3) is 0 Å². The molecule has 3 nitrogen and oxygen atoms in total. The first-order valence-corrected chi connectivity index (χ1v) is 6.98. The summed E-state index contributed by atoms with van der Waals surface area (Å²) in [4.78, 5) is 13.6. The topological polar surface area (TPSA) is 32.3 Å². The van der Waals surface area contributed by atoms with Crippen LogP contribution < -0.4 is 5.32 Å². The second-order valence-electron chi connectivity index (χ2n) is 5.30. The Kier molecular flexibility index (Phi) is 5.06. The van der Waals surface area contributed by atoms with Gasteiger partial charge in [0, 0.05) is 25.2 Å². The predicted molar refractivity (Wildman–Crippen MR) is 73.3 cm³/mol. The molecule has 1 aliphatic rings. The van der Waals surface area contributed by atoms with Crippen molar-refractivity contribution in [2.75, 3.05) is 20.1 Å². The van der Waals surface area contributed by atoms with Crippen LogP contribution >= 0.6 is 0 Å². The lowest BCUT2D eigenvalue weighted by Gasteiger charge is -2.28. The first kappa shape index (κ1) is 14.9. The van der Waals surface area contributed by atoms with Crippen molar-refractivity contribution < 1.29 is 13.6 Å². The normalized spacial score (nSPS) is 18.9. The van der Waals surface area contributed by atoms with E-state index in [1.54, 1.807) is 11.9 Å². The van der Waals surface area contributed by atoms with E-state index in [2.05, 4.69) is 5.32 Å². The molecule has 1 aromatic rings. The Labute approximate surface area is 118 Å². The minimum atomic E-state index is -0.664. The van der Waals surface area contributed by atoms with E-state index in [1.165, 1.54) is 18.2 Å². The Morgan fingerprint density at radius 3 is 2.65 bits per heavy atom. The minimum absolute atomic E-state index is 0.152. The average molecular weight is 282 g/mol. The van der Waals surface area contributed by atoms with E-state index in [9.17, 15) is 13.6 Å². The number of halogens is 2. The summed E-state index contributed by atoms with van der Waals surface area (Å²) >= 11 is 0. The van der Waals surface area contributed by atoms with Gasteiger partial charge in [0.25, 0.3) is 0 Å². The van der Waals surface area contributed by atoms with E-state index in [1.807, 2.05) is 0 Å². The second kappa shape index (κ2) is 6.79. The molecule has 2 rings (SSSR count). The van der Waals surface area contributed by atoms with E-state index >= 15 is 0 Å². The second-order valence-corrected chi connectivity index (χ2v) is 5.30. The van der Waals surface area contributed by atoms with Crippen molar-refractivity contribution in [3.8, 4) is 0 Å². The van der Waals surface area contributed by atoms with Crippen LogP contribution in [0.4, 0.5) is 8.78 Å². The molecule has 1 unspecified atom stereocenters. The zero-order valence-electron chi connectivity index (χ0n) is 11.7. The van der Waals surface area contributed by atoms with Crippen LogP contribution in [0.5, 0.6) is 0 Å². The number of hydrogen-bond acceptors (Lipinski definition) is 2. The molecule has 1 aromatic carbocycles. The van der Waals surface area contributed by atoms with Crippen molar-refractivity contribution >= 4 is 5.91 Å². The predicted octanol–water partition coefficient (Wildman–Crippen LogP) is 2.11. The number of nitrogens with zero attached hydrogens (tertiary/aromatic N) is 1. The molecular weight excluding hydrogens is 262 g/mol. The molecule has 1 fully saturated rings. The maximum Gasteiger partial charge on any atom is 0.227 e. The largest absolute Gasteiger partial charge is 0.344 e. The molecule has 0 aliphatic carbocycles. The molecule has 110 valence electrons. The number of benzene rings is 1. The van der Waals surface area contributed by atoms with Gasteiger partial charge in [-0.2, -0.15) is 0 Å². The summed E-state index contributed by atoms with van der Waals surface area (Å²) in [6.45, 7) is 1.55. The fourth-order valence-electron chi connectivity index (χ4n) is 2.50. The lowest BCUT2D eigenvalue weighted by Crippen LogP contribution is -2.44. The van der Waals surface area contributed by atoms with E-state index in [-0.39, 0.29) is 23.9 Å². The van der Waals surface area contributed by atoms with Crippen molar-refractivity contribution in [1.82, 2.24) is 10.2 Å². The van der Waals surface area contributed by atoms with E-state index in [0.717, 1.165) is 25.8 Å². The first-order chi connectivity index (χ1) is 9.58. The summed E-state index contributed by atoms with van der Waals surface area (Å²) in [5.74, 6) is -1.59. The average Bonchev–Trinajstić information content (AvgIpc) is 2.44. The molecule has 0 saturated carbocycles. The number of piperidine rings is 1. The maximum absolute atomic E-state index is 13.5. The van der Waals surface area contributed by atoms with E-state index in [4.69, 9.17) is 0 Å². The van der Waals surface area contributed by atoms with Crippen LogP contribution in [0.15, 0.2) is 18.2 Å². The summed E-state index contributed by atoms with van der Waals surface area (Å²) in [7, 11) is 1.68. The van der Waals surface area contributed by atoms with Gasteiger partial charge < -0.3 is 10.2 Å². The molecule has 0 spiro atoms. The summed E-state index contributed by atoms with van der Waals surface area (Å²) in [5.41, 5.74) is -0.152. The molecule has 20 heavy (non-hydrogen) atoms. The van der Waals surface area contributed by atoms with Gasteiger partial charge in [0.2, 0.25) is 5.91 Å². The highest BCUT2D eigenvalue weighted by atomic mass is 19.1. The Bertz CT molecular complexity index is 453. The number of carbonyl (C=O) groups excluding carboxylic acids is 1. The number of amides is 1. The SMILES string of the molecule is CN(CC1CCCCN1)C(=O)Cc1c(F)cccc1F. The summed E-state index contributed by atoms with van der Waals surface area (Å²) in [6.07, 6.45) is 3.11. The van der Waals surface area contributed by atoms with Crippen molar-refractivity contribution in [2.45, 2.75) is 31.7 Å². The van der Waals surface area contributed by atoms with E-state index in [0.29, 0.717) is 6.54 Å². The summed E-state index contributed by atoms with van der Waals surface area (Å²) in [6, 6.07) is 3.93. The highest BCUT2D eigenvalue weighted by molar-refractivity contribution is 5.78. The lowest BCUT2D eigenvalue weighted by molar-refractivity contribution is -0.129. The fourth-order valence-corrected chi connectivity index (χ4v) is 2.50. The third kappa shape index (κ3) is 3.76. The standard InChI is InChI=1S/C15H20F2N2O/c1-19(10-11-5-2-3-8-18-11)15(20)9-12-13(16)6-4-7-14(12)17/h4,6-7,11,18H,2-3,5,8-10H2,1H3. The zero-order chi connectivity index (χ0) is 14.5. The van der Waals surface area contributed by atoms with Gasteiger partial charge in [-0.15, -0.1) is 0 Å². The summed E-state index contributed by atoms with van der Waals surface area (Å²) < 4.78 is 27.0. The number of rotatable bonds is 4. The minimum Gasteiger partial charge on any atom is -0.344 e. The Balaban J connectivity index is 1.93. The molecule has 1 saturated heterocycles. The fraction of sp³-hybridized carbons (Fsp3) is 0.533. The van der Waals surface area contributed by atoms with Crippen LogP contribution in [0.3, 0.4) is 0 Å². The maximum atomic E-state index is 13.5. The van der Waals surface area contributed by atoms with Gasteiger partial charge in [-0.3, -0.25) is 4.79 Å². The molecule has 0 aromatic heterocycles. The van der Waals surface area contributed by atoms with E-state index < -0.39 is 11.6 Å². The highest BCUT2D eigenvalue weighted by Gasteiger charge is 2.20. The molecule has 1 N–H and O–H groups in total. The van der Waals surface area contributed by atoms with Crippen LogP contribution in [0.2, 0.25) is 0 Å². The molecule has 5 heteroatoms. The van der Waals surface area contributed by atoms with Crippen LogP contribution in [-0.4, -0.2) is 37.0 Å². The van der Waals surface area contributed by atoms with Crippen molar-refractivity contribution in [2.24, 2.45) is 0 Å².